The van der Waals surface area contributed by atoms with E-state index in [1.807, 2.05) is 0 Å². The lowest BCUT2D eigenvalue weighted by Gasteiger charge is -2.15. The molecule has 1 nitrogen and oxygen atoms in total. The third kappa shape index (κ3) is 6.88. The van der Waals surface area contributed by atoms with E-state index in [0.29, 0.717) is 6.04 Å². The molecule has 1 unspecified atom stereocenters. The molecule has 1 aliphatic rings. The van der Waals surface area contributed by atoms with E-state index in [0.717, 1.165) is 0 Å². The van der Waals surface area contributed by atoms with Gasteiger partial charge in [-0.15, -0.1) is 0 Å². The standard InChI is InChI=1S/C16H31N/c1-2-3-4-5-6-11-14-16(17)15-12-9-7-8-10-13-15/h12,16H,2-11,13-14,17H2,1H3. The Balaban J connectivity index is 2.07. The Labute approximate surface area is 108 Å². The van der Waals surface area contributed by atoms with E-state index < -0.39 is 0 Å². The predicted octanol–water partition coefficient (Wildman–Crippen LogP) is 4.95. The Morgan fingerprint density at radius 2 is 1.82 bits per heavy atom. The maximum Gasteiger partial charge on any atom is 0.0253 e. The van der Waals surface area contributed by atoms with Gasteiger partial charge in [-0.05, 0) is 32.1 Å². The van der Waals surface area contributed by atoms with E-state index in [4.69, 9.17) is 5.73 Å². The van der Waals surface area contributed by atoms with Gasteiger partial charge in [0.15, 0.2) is 0 Å². The lowest BCUT2D eigenvalue weighted by atomic mass is 9.97. The van der Waals surface area contributed by atoms with Crippen molar-refractivity contribution in [3.63, 3.8) is 0 Å². The molecule has 0 aliphatic heterocycles. The van der Waals surface area contributed by atoms with Gasteiger partial charge in [-0.3, -0.25) is 0 Å². The van der Waals surface area contributed by atoms with Crippen molar-refractivity contribution in [2.45, 2.75) is 90.0 Å². The van der Waals surface area contributed by atoms with Crippen molar-refractivity contribution < 1.29 is 0 Å². The van der Waals surface area contributed by atoms with Crippen LogP contribution in [0.25, 0.3) is 0 Å². The largest absolute Gasteiger partial charge is 0.324 e. The van der Waals surface area contributed by atoms with Crippen molar-refractivity contribution in [3.05, 3.63) is 11.6 Å². The molecule has 1 heteroatoms. The molecule has 0 fully saturated rings. The molecule has 0 spiro atoms. The second-order valence-corrected chi connectivity index (χ2v) is 5.54. The molecule has 100 valence electrons. The molecule has 0 aromatic heterocycles. The van der Waals surface area contributed by atoms with Crippen molar-refractivity contribution in [3.8, 4) is 0 Å². The Kier molecular flexibility index (Phi) is 8.42. The van der Waals surface area contributed by atoms with Crippen LogP contribution in [-0.2, 0) is 0 Å². The SMILES string of the molecule is CCCCCCCCC(N)C1=CCCCCC1. The van der Waals surface area contributed by atoms with Crippen LogP contribution in [0.2, 0.25) is 0 Å². The minimum absolute atomic E-state index is 0.360. The van der Waals surface area contributed by atoms with Gasteiger partial charge >= 0.3 is 0 Å². The van der Waals surface area contributed by atoms with Crippen LogP contribution in [0.15, 0.2) is 11.6 Å². The number of allylic oxidation sites excluding steroid dienone is 1. The van der Waals surface area contributed by atoms with E-state index >= 15 is 0 Å². The quantitative estimate of drug-likeness (QED) is 0.469. The van der Waals surface area contributed by atoms with Crippen molar-refractivity contribution in [2.24, 2.45) is 5.73 Å². The highest BCUT2D eigenvalue weighted by Gasteiger charge is 2.10. The van der Waals surface area contributed by atoms with Crippen LogP contribution < -0.4 is 5.73 Å². The van der Waals surface area contributed by atoms with Gasteiger partial charge in [0.2, 0.25) is 0 Å². The first-order chi connectivity index (χ1) is 8.34. The maximum atomic E-state index is 6.29. The van der Waals surface area contributed by atoms with Crippen molar-refractivity contribution in [2.75, 3.05) is 0 Å². The lowest BCUT2D eigenvalue weighted by molar-refractivity contribution is 0.553. The minimum atomic E-state index is 0.360. The number of unbranched alkanes of at least 4 members (excludes halogenated alkanes) is 5. The van der Waals surface area contributed by atoms with Crippen LogP contribution in [-0.4, -0.2) is 6.04 Å². The Hall–Kier alpha value is -0.300. The van der Waals surface area contributed by atoms with Gasteiger partial charge in [0.05, 0.1) is 0 Å². The summed E-state index contributed by atoms with van der Waals surface area (Å²) >= 11 is 0. The van der Waals surface area contributed by atoms with Crippen molar-refractivity contribution >= 4 is 0 Å². The smallest absolute Gasteiger partial charge is 0.0253 e. The molecule has 1 aliphatic carbocycles. The van der Waals surface area contributed by atoms with Gasteiger partial charge in [0.1, 0.15) is 0 Å². The van der Waals surface area contributed by atoms with Crippen LogP contribution in [0.4, 0.5) is 0 Å². The summed E-state index contributed by atoms with van der Waals surface area (Å²) in [7, 11) is 0. The Morgan fingerprint density at radius 3 is 2.65 bits per heavy atom. The van der Waals surface area contributed by atoms with E-state index in [1.54, 1.807) is 5.57 Å². The molecule has 1 rings (SSSR count). The van der Waals surface area contributed by atoms with Crippen LogP contribution in [0.3, 0.4) is 0 Å². The van der Waals surface area contributed by atoms with Gasteiger partial charge in [-0.1, -0.05) is 63.5 Å². The van der Waals surface area contributed by atoms with E-state index in [1.165, 1.54) is 77.0 Å². The summed E-state index contributed by atoms with van der Waals surface area (Å²) < 4.78 is 0. The normalized spacial score (nSPS) is 18.6. The van der Waals surface area contributed by atoms with Crippen LogP contribution in [0.5, 0.6) is 0 Å². The number of hydrogen-bond acceptors (Lipinski definition) is 1. The van der Waals surface area contributed by atoms with Crippen LogP contribution in [0, 0.1) is 0 Å². The summed E-state index contributed by atoms with van der Waals surface area (Å²) in [5.74, 6) is 0. The zero-order chi connectivity index (χ0) is 12.3. The molecule has 0 aromatic carbocycles. The maximum absolute atomic E-state index is 6.29. The highest BCUT2D eigenvalue weighted by atomic mass is 14.6. The molecular weight excluding hydrogens is 206 g/mol. The molecular formula is C16H31N. The summed E-state index contributed by atoms with van der Waals surface area (Å²) in [6, 6.07) is 0.360. The highest BCUT2D eigenvalue weighted by molar-refractivity contribution is 5.11. The zero-order valence-corrected chi connectivity index (χ0v) is 11.7. The highest BCUT2D eigenvalue weighted by Crippen LogP contribution is 2.21. The first-order valence-corrected chi connectivity index (χ1v) is 7.79. The molecule has 0 amide bonds. The summed E-state index contributed by atoms with van der Waals surface area (Å²) in [6.07, 6.45) is 18.5. The fourth-order valence-corrected chi connectivity index (χ4v) is 2.71. The number of rotatable bonds is 8. The monoisotopic (exact) mass is 237 g/mol. The minimum Gasteiger partial charge on any atom is -0.324 e. The van der Waals surface area contributed by atoms with Gasteiger partial charge in [-0.2, -0.15) is 0 Å². The van der Waals surface area contributed by atoms with E-state index in [2.05, 4.69) is 13.0 Å². The average molecular weight is 237 g/mol. The van der Waals surface area contributed by atoms with Crippen LogP contribution in [0.1, 0.15) is 84.0 Å². The van der Waals surface area contributed by atoms with Gasteiger partial charge in [0.25, 0.3) is 0 Å². The summed E-state index contributed by atoms with van der Waals surface area (Å²) in [5, 5.41) is 0. The molecule has 17 heavy (non-hydrogen) atoms. The van der Waals surface area contributed by atoms with Gasteiger partial charge < -0.3 is 5.73 Å². The molecule has 0 saturated carbocycles. The summed E-state index contributed by atoms with van der Waals surface area (Å²) in [6.45, 7) is 2.27. The zero-order valence-electron chi connectivity index (χ0n) is 11.7. The molecule has 0 heterocycles. The molecule has 2 N–H and O–H groups in total. The van der Waals surface area contributed by atoms with Crippen LogP contribution >= 0.6 is 0 Å². The second-order valence-electron chi connectivity index (χ2n) is 5.54. The Bertz CT molecular complexity index is 208. The third-order valence-electron chi connectivity index (χ3n) is 3.92. The number of hydrogen-bond donors (Lipinski definition) is 1. The summed E-state index contributed by atoms with van der Waals surface area (Å²) in [4.78, 5) is 0. The predicted molar refractivity (Wildman–Crippen MR) is 77.1 cm³/mol. The second kappa shape index (κ2) is 9.70. The Morgan fingerprint density at radius 1 is 1.06 bits per heavy atom. The average Bonchev–Trinajstić information content (AvgIpc) is 2.62. The van der Waals surface area contributed by atoms with E-state index in [-0.39, 0.29) is 0 Å². The first-order valence-electron chi connectivity index (χ1n) is 7.79. The van der Waals surface area contributed by atoms with Gasteiger partial charge in [-0.25, -0.2) is 0 Å². The fraction of sp³-hybridized carbons (Fsp3) is 0.875. The molecule has 0 aromatic rings. The molecule has 0 saturated heterocycles. The van der Waals surface area contributed by atoms with Crippen molar-refractivity contribution in [1.29, 1.82) is 0 Å². The number of nitrogens with two attached hydrogens (primary N) is 1. The molecule has 1 atom stereocenters. The fourth-order valence-electron chi connectivity index (χ4n) is 2.71. The topological polar surface area (TPSA) is 26.0 Å². The molecule has 0 bridgehead atoms. The lowest BCUT2D eigenvalue weighted by Crippen LogP contribution is -2.22. The van der Waals surface area contributed by atoms with Crippen molar-refractivity contribution in [1.82, 2.24) is 0 Å². The van der Waals surface area contributed by atoms with E-state index in [9.17, 15) is 0 Å². The first kappa shape index (κ1) is 14.8. The third-order valence-corrected chi connectivity index (χ3v) is 3.92. The molecule has 0 radical (unpaired) electrons. The summed E-state index contributed by atoms with van der Waals surface area (Å²) in [5.41, 5.74) is 7.84. The van der Waals surface area contributed by atoms with Gasteiger partial charge in [0, 0.05) is 6.04 Å².